The Morgan fingerprint density at radius 1 is 1.07 bits per heavy atom. The summed E-state index contributed by atoms with van der Waals surface area (Å²) in [5.74, 6) is 1.37. The number of para-hydroxylation sites is 1. The van der Waals surface area contributed by atoms with Gasteiger partial charge in [0.15, 0.2) is 11.0 Å². The van der Waals surface area contributed by atoms with Crippen LogP contribution < -0.4 is 4.74 Å². The van der Waals surface area contributed by atoms with Crippen molar-refractivity contribution in [3.8, 4) is 22.8 Å². The van der Waals surface area contributed by atoms with Crippen molar-refractivity contribution in [2.24, 2.45) is 0 Å². The molecule has 0 saturated carbocycles. The van der Waals surface area contributed by atoms with Crippen LogP contribution in [0.4, 0.5) is 0 Å². The van der Waals surface area contributed by atoms with Crippen molar-refractivity contribution in [2.75, 3.05) is 12.9 Å². The summed E-state index contributed by atoms with van der Waals surface area (Å²) in [6.07, 6.45) is -0.139. The highest BCUT2D eigenvalue weighted by Gasteiger charge is 2.18. The first-order valence-corrected chi connectivity index (χ1v) is 9.54. The smallest absolute Gasteiger partial charge is 0.316 e. The lowest BCUT2D eigenvalue weighted by Gasteiger charge is -2.11. The monoisotopic (exact) mass is 383 g/mol. The van der Waals surface area contributed by atoms with Crippen LogP contribution in [0.25, 0.3) is 17.1 Å². The fourth-order valence-electron chi connectivity index (χ4n) is 2.52. The number of thioether (sulfide) groups is 1. The minimum absolute atomic E-state index is 0.139. The summed E-state index contributed by atoms with van der Waals surface area (Å²) in [4.78, 5) is 11.9. The Bertz CT molecular complexity index is 893. The molecule has 6 nitrogen and oxygen atoms in total. The quantitative estimate of drug-likeness (QED) is 0.454. The molecule has 2 aromatic carbocycles. The van der Waals surface area contributed by atoms with E-state index in [9.17, 15) is 4.79 Å². The number of ether oxygens (including phenoxy) is 2. The van der Waals surface area contributed by atoms with Gasteiger partial charge in [0.2, 0.25) is 0 Å². The fourth-order valence-corrected chi connectivity index (χ4v) is 3.26. The zero-order valence-corrected chi connectivity index (χ0v) is 16.3. The Morgan fingerprint density at radius 2 is 1.78 bits per heavy atom. The summed E-state index contributed by atoms with van der Waals surface area (Å²) in [5.41, 5.74) is 1.83. The molecule has 0 saturated heterocycles. The first-order chi connectivity index (χ1) is 13.1. The molecule has 0 spiro atoms. The molecule has 0 aliphatic heterocycles. The van der Waals surface area contributed by atoms with Crippen molar-refractivity contribution in [3.05, 3.63) is 54.6 Å². The van der Waals surface area contributed by atoms with Gasteiger partial charge in [-0.25, -0.2) is 0 Å². The summed E-state index contributed by atoms with van der Waals surface area (Å²) in [7, 11) is 1.63. The lowest BCUT2D eigenvalue weighted by atomic mass is 10.2. The molecule has 0 aliphatic rings. The lowest BCUT2D eigenvalue weighted by molar-refractivity contribution is -0.144. The number of rotatable bonds is 7. The number of benzene rings is 2. The van der Waals surface area contributed by atoms with Gasteiger partial charge in [-0.15, -0.1) is 10.2 Å². The summed E-state index contributed by atoms with van der Waals surface area (Å²) >= 11 is 1.31. The largest absolute Gasteiger partial charge is 0.497 e. The SMILES string of the molecule is COc1ccc(-c2nnc(SCC(=O)OC(C)C)n2-c2ccccc2)cc1. The Morgan fingerprint density at radius 3 is 2.41 bits per heavy atom. The number of methoxy groups -OCH3 is 1. The minimum Gasteiger partial charge on any atom is -0.497 e. The summed E-state index contributed by atoms with van der Waals surface area (Å²) < 4.78 is 12.4. The number of hydrogen-bond acceptors (Lipinski definition) is 6. The van der Waals surface area contributed by atoms with E-state index in [1.807, 2.05) is 73.0 Å². The Labute approximate surface area is 162 Å². The maximum absolute atomic E-state index is 11.9. The summed E-state index contributed by atoms with van der Waals surface area (Å²) in [5, 5.41) is 9.29. The van der Waals surface area contributed by atoms with Crippen LogP contribution in [-0.2, 0) is 9.53 Å². The number of aromatic nitrogens is 3. The molecule has 0 radical (unpaired) electrons. The third-order valence-electron chi connectivity index (χ3n) is 3.68. The summed E-state index contributed by atoms with van der Waals surface area (Å²) in [6.45, 7) is 3.66. The Hall–Kier alpha value is -2.80. The zero-order valence-electron chi connectivity index (χ0n) is 15.5. The number of nitrogens with zero attached hydrogens (tertiary/aromatic N) is 3. The number of carbonyl (C=O) groups excluding carboxylic acids is 1. The molecule has 3 aromatic rings. The van der Waals surface area contributed by atoms with E-state index in [0.717, 1.165) is 17.0 Å². The predicted molar refractivity (Wildman–Crippen MR) is 105 cm³/mol. The van der Waals surface area contributed by atoms with E-state index in [1.165, 1.54) is 11.8 Å². The molecule has 0 fully saturated rings. The highest BCUT2D eigenvalue weighted by molar-refractivity contribution is 7.99. The van der Waals surface area contributed by atoms with E-state index < -0.39 is 0 Å². The van der Waals surface area contributed by atoms with E-state index in [0.29, 0.717) is 11.0 Å². The van der Waals surface area contributed by atoms with Crippen molar-refractivity contribution in [1.29, 1.82) is 0 Å². The van der Waals surface area contributed by atoms with Gasteiger partial charge in [-0.05, 0) is 50.2 Å². The second kappa shape index (κ2) is 8.73. The topological polar surface area (TPSA) is 66.2 Å². The summed E-state index contributed by atoms with van der Waals surface area (Å²) in [6, 6.07) is 17.4. The van der Waals surface area contributed by atoms with Crippen LogP contribution in [0.2, 0.25) is 0 Å². The second-order valence-electron chi connectivity index (χ2n) is 6.03. The zero-order chi connectivity index (χ0) is 19.2. The van der Waals surface area contributed by atoms with E-state index in [-0.39, 0.29) is 17.8 Å². The molecular formula is C20H21N3O3S. The van der Waals surface area contributed by atoms with Crippen LogP contribution in [0, 0.1) is 0 Å². The molecule has 0 unspecified atom stereocenters. The molecule has 1 aromatic heterocycles. The molecule has 1 heterocycles. The van der Waals surface area contributed by atoms with E-state index in [2.05, 4.69) is 10.2 Å². The van der Waals surface area contributed by atoms with Gasteiger partial charge >= 0.3 is 5.97 Å². The normalized spacial score (nSPS) is 10.8. The van der Waals surface area contributed by atoms with Crippen molar-refractivity contribution in [1.82, 2.24) is 14.8 Å². The van der Waals surface area contributed by atoms with Crippen LogP contribution in [0.1, 0.15) is 13.8 Å². The third kappa shape index (κ3) is 4.68. The van der Waals surface area contributed by atoms with Gasteiger partial charge in [-0.1, -0.05) is 30.0 Å². The highest BCUT2D eigenvalue weighted by Crippen LogP contribution is 2.29. The first-order valence-electron chi connectivity index (χ1n) is 8.56. The van der Waals surface area contributed by atoms with E-state index in [4.69, 9.17) is 9.47 Å². The molecule has 0 N–H and O–H groups in total. The molecule has 0 aliphatic carbocycles. The number of esters is 1. The van der Waals surface area contributed by atoms with Crippen molar-refractivity contribution < 1.29 is 14.3 Å². The van der Waals surface area contributed by atoms with Crippen LogP contribution in [0.5, 0.6) is 5.75 Å². The van der Waals surface area contributed by atoms with E-state index >= 15 is 0 Å². The van der Waals surface area contributed by atoms with Gasteiger partial charge in [-0.2, -0.15) is 0 Å². The standard InChI is InChI=1S/C20H21N3O3S/c1-14(2)26-18(24)13-27-20-22-21-19(15-9-11-17(25-3)12-10-15)23(20)16-7-5-4-6-8-16/h4-12,14H,13H2,1-3H3. The van der Waals surface area contributed by atoms with Gasteiger partial charge in [-0.3, -0.25) is 9.36 Å². The van der Waals surface area contributed by atoms with Crippen molar-refractivity contribution in [3.63, 3.8) is 0 Å². The Balaban J connectivity index is 1.94. The predicted octanol–water partition coefficient (Wildman–Crippen LogP) is 3.99. The molecule has 0 amide bonds. The molecule has 7 heteroatoms. The Kier molecular flexibility index (Phi) is 6.13. The maximum Gasteiger partial charge on any atom is 0.316 e. The van der Waals surface area contributed by atoms with Crippen LogP contribution >= 0.6 is 11.8 Å². The molecule has 27 heavy (non-hydrogen) atoms. The lowest BCUT2D eigenvalue weighted by Crippen LogP contribution is -2.13. The van der Waals surface area contributed by atoms with Crippen LogP contribution in [0.15, 0.2) is 59.8 Å². The fraction of sp³-hybridized carbons (Fsp3) is 0.250. The van der Waals surface area contributed by atoms with Crippen LogP contribution in [-0.4, -0.2) is 39.7 Å². The maximum atomic E-state index is 11.9. The van der Waals surface area contributed by atoms with Gasteiger partial charge < -0.3 is 9.47 Å². The molecule has 0 bridgehead atoms. The van der Waals surface area contributed by atoms with Gasteiger partial charge in [0.1, 0.15) is 5.75 Å². The number of hydrogen-bond donors (Lipinski definition) is 0. The van der Waals surface area contributed by atoms with E-state index in [1.54, 1.807) is 7.11 Å². The van der Waals surface area contributed by atoms with Crippen molar-refractivity contribution in [2.45, 2.75) is 25.1 Å². The van der Waals surface area contributed by atoms with Gasteiger partial charge in [0.25, 0.3) is 0 Å². The molecule has 3 rings (SSSR count). The molecular weight excluding hydrogens is 362 g/mol. The first kappa shape index (κ1) is 19.0. The molecule has 0 atom stereocenters. The third-order valence-corrected chi connectivity index (χ3v) is 4.58. The van der Waals surface area contributed by atoms with Gasteiger partial charge in [0.05, 0.1) is 19.0 Å². The number of carbonyl (C=O) groups is 1. The minimum atomic E-state index is -0.274. The highest BCUT2D eigenvalue weighted by atomic mass is 32.2. The van der Waals surface area contributed by atoms with Gasteiger partial charge in [0, 0.05) is 11.3 Å². The average Bonchev–Trinajstić information content (AvgIpc) is 3.10. The molecule has 140 valence electrons. The van der Waals surface area contributed by atoms with Crippen LogP contribution in [0.3, 0.4) is 0 Å². The second-order valence-corrected chi connectivity index (χ2v) is 6.98. The van der Waals surface area contributed by atoms with Crippen molar-refractivity contribution >= 4 is 17.7 Å². The average molecular weight is 383 g/mol.